The molecule has 5 rings (SSSR count). The van der Waals surface area contributed by atoms with Crippen LogP contribution in [0.4, 0.5) is 22.7 Å². The van der Waals surface area contributed by atoms with Crippen molar-refractivity contribution in [2.75, 3.05) is 35.5 Å². The largest absolute Gasteiger partial charge is 0.434 e. The molecular weight excluding hydrogens is 646 g/mol. The molecule has 0 spiro atoms. The molecule has 0 aromatic heterocycles. The number of nitrogens with zero attached hydrogens (tertiary/aromatic N) is 2. The lowest BCUT2D eigenvalue weighted by Gasteiger charge is -2.31. The third kappa shape index (κ3) is 9.88. The van der Waals surface area contributed by atoms with E-state index in [-0.39, 0.29) is 0 Å². The Morgan fingerprint density at radius 1 is 0.417 bits per heavy atom. The lowest BCUT2D eigenvalue weighted by molar-refractivity contribution is 0.371. The smallest absolute Gasteiger partial charge is 0.314 e. The second-order valence-corrected chi connectivity index (χ2v) is 15.0. The fraction of sp³-hybridized carbons (Fsp3) is 0.333. The summed E-state index contributed by atoms with van der Waals surface area (Å²) in [5.41, 5.74) is 8.96. The first-order valence-electron chi connectivity index (χ1n) is 15.8. The molecule has 4 aromatic rings. The molecule has 1 saturated heterocycles. The summed E-state index contributed by atoms with van der Waals surface area (Å²) >= 11 is 0. The third-order valence-electron chi connectivity index (χ3n) is 8.08. The van der Waals surface area contributed by atoms with Crippen molar-refractivity contribution in [3.8, 4) is 0 Å². The predicted molar refractivity (Wildman–Crippen MR) is 198 cm³/mol. The van der Waals surface area contributed by atoms with Gasteiger partial charge in [0.25, 0.3) is 0 Å². The van der Waals surface area contributed by atoms with E-state index in [0.29, 0.717) is 22.7 Å². The molecule has 0 saturated carbocycles. The van der Waals surface area contributed by atoms with E-state index in [0.717, 1.165) is 70.7 Å². The quantitative estimate of drug-likeness (QED) is 0.112. The van der Waals surface area contributed by atoms with E-state index in [1.165, 1.54) is 9.34 Å². The van der Waals surface area contributed by atoms with Gasteiger partial charge >= 0.3 is 15.5 Å². The highest BCUT2D eigenvalue weighted by Gasteiger charge is 2.33. The first-order valence-corrected chi connectivity index (χ1v) is 19.0. The van der Waals surface area contributed by atoms with Gasteiger partial charge in [-0.1, -0.05) is 72.8 Å². The molecule has 0 unspecified atom stereocenters. The number of benzene rings is 4. The van der Waals surface area contributed by atoms with Gasteiger partial charge in [-0.25, -0.2) is 18.5 Å². The van der Waals surface area contributed by atoms with Crippen molar-refractivity contribution in [3.63, 3.8) is 0 Å². The Morgan fingerprint density at radius 3 is 0.708 bits per heavy atom. The highest BCUT2D eigenvalue weighted by atomic mass is 31.2. The predicted octanol–water partition coefficient (Wildman–Crippen LogP) is 7.48. The topological polar surface area (TPSA) is 146 Å². The number of aryl methyl sites for hydroxylation is 8. The average Bonchev–Trinajstić information content (AvgIpc) is 2.99. The van der Waals surface area contributed by atoms with Gasteiger partial charge in [0.15, 0.2) is 0 Å². The highest BCUT2D eigenvalue weighted by molar-refractivity contribution is 7.54. The molecule has 6 N–H and O–H groups in total. The third-order valence-corrected chi connectivity index (χ3v) is 9.93. The fourth-order valence-electron chi connectivity index (χ4n) is 5.91. The Kier molecular flexibility index (Phi) is 13.8. The maximum absolute atomic E-state index is 12.2. The van der Waals surface area contributed by atoms with Gasteiger partial charge in [-0.05, 0) is 99.9 Å². The normalized spacial score (nSPS) is 13.1. The molecular formula is C36H50N4O6P2. The summed E-state index contributed by atoms with van der Waals surface area (Å²) < 4.78 is 26.7. The van der Waals surface area contributed by atoms with Crippen LogP contribution in [0.5, 0.6) is 0 Å². The van der Waals surface area contributed by atoms with Crippen molar-refractivity contribution in [2.24, 2.45) is 0 Å². The Balaban J connectivity index is 0.000000222. The number of rotatable bonds is 6. The summed E-state index contributed by atoms with van der Waals surface area (Å²) in [6.45, 7) is 19.4. The van der Waals surface area contributed by atoms with E-state index in [1.54, 1.807) is 0 Å². The second-order valence-electron chi connectivity index (χ2n) is 12.1. The zero-order chi connectivity index (χ0) is 35.8. The summed E-state index contributed by atoms with van der Waals surface area (Å²) in [6, 6.07) is 22.4. The molecule has 48 heavy (non-hydrogen) atoms. The molecule has 1 fully saturated rings. The molecule has 0 amide bonds. The monoisotopic (exact) mass is 696 g/mol. The minimum atomic E-state index is -4.49. The van der Waals surface area contributed by atoms with Crippen LogP contribution in [0.1, 0.15) is 44.5 Å². The van der Waals surface area contributed by atoms with Crippen LogP contribution in [0, 0.1) is 55.4 Å². The van der Waals surface area contributed by atoms with Crippen LogP contribution in [0.2, 0.25) is 0 Å². The molecule has 0 radical (unpaired) electrons. The van der Waals surface area contributed by atoms with Gasteiger partial charge in [-0.2, -0.15) is 0 Å². The van der Waals surface area contributed by atoms with Crippen molar-refractivity contribution >= 4 is 38.2 Å². The minimum absolute atomic E-state index is 0.572. The van der Waals surface area contributed by atoms with Gasteiger partial charge in [-0.15, -0.1) is 0 Å². The first-order chi connectivity index (χ1) is 22.5. The Morgan fingerprint density at radius 2 is 0.583 bits per heavy atom. The van der Waals surface area contributed by atoms with Crippen molar-refractivity contribution in [3.05, 3.63) is 117 Å². The van der Waals surface area contributed by atoms with Crippen LogP contribution in [0.25, 0.3) is 0 Å². The van der Waals surface area contributed by atoms with Gasteiger partial charge in [0.1, 0.15) is 0 Å². The molecule has 1 aliphatic rings. The van der Waals surface area contributed by atoms with E-state index in [1.807, 2.05) is 128 Å². The molecule has 0 atom stereocenters. The maximum Gasteiger partial charge on any atom is 0.434 e. The number of nitrogens with one attached hydrogen (secondary N) is 2. The van der Waals surface area contributed by atoms with Gasteiger partial charge in [0, 0.05) is 26.2 Å². The number of piperazine rings is 1. The SMILES string of the molecule is C1CNCCN1.Cc1cccc(C)c1N(c1c(C)cccc1C)P(=O)(O)O.Cc1cccc(C)c1N(c1c(C)cccc1C)P(=O)(O)O. The number of hydrogen-bond donors (Lipinski definition) is 6. The lowest BCUT2D eigenvalue weighted by Crippen LogP contribution is -2.39. The van der Waals surface area contributed by atoms with Crippen molar-refractivity contribution < 1.29 is 28.7 Å². The van der Waals surface area contributed by atoms with E-state index >= 15 is 0 Å². The number of para-hydroxylation sites is 4. The maximum atomic E-state index is 12.2. The summed E-state index contributed by atoms with van der Waals surface area (Å²) in [4.78, 5) is 39.7. The Labute approximate surface area is 285 Å². The van der Waals surface area contributed by atoms with Crippen LogP contribution in [-0.4, -0.2) is 45.8 Å². The molecule has 0 aliphatic carbocycles. The molecule has 10 nitrogen and oxygen atoms in total. The van der Waals surface area contributed by atoms with Crippen LogP contribution < -0.4 is 20.0 Å². The molecule has 4 aromatic carbocycles. The Hall–Kier alpha value is -3.30. The molecule has 12 heteroatoms. The first kappa shape index (κ1) is 39.1. The number of anilines is 4. The van der Waals surface area contributed by atoms with Crippen LogP contribution >= 0.6 is 15.5 Å². The van der Waals surface area contributed by atoms with E-state index in [9.17, 15) is 28.7 Å². The second kappa shape index (κ2) is 16.9. The van der Waals surface area contributed by atoms with Crippen molar-refractivity contribution in [1.82, 2.24) is 10.6 Å². The number of hydrogen-bond acceptors (Lipinski definition) is 4. The zero-order valence-corrected chi connectivity index (χ0v) is 30.9. The van der Waals surface area contributed by atoms with Gasteiger partial charge < -0.3 is 30.2 Å². The van der Waals surface area contributed by atoms with Gasteiger partial charge in [0.05, 0.1) is 22.7 Å². The van der Waals surface area contributed by atoms with Crippen LogP contribution in [-0.2, 0) is 9.13 Å². The van der Waals surface area contributed by atoms with Crippen molar-refractivity contribution in [1.29, 1.82) is 0 Å². The van der Waals surface area contributed by atoms with E-state index in [2.05, 4.69) is 10.6 Å². The zero-order valence-electron chi connectivity index (χ0n) is 29.2. The van der Waals surface area contributed by atoms with Crippen LogP contribution in [0.15, 0.2) is 72.8 Å². The van der Waals surface area contributed by atoms with Gasteiger partial charge in [-0.3, -0.25) is 0 Å². The standard InChI is InChI=1S/2C16H20NO3P.C4H10N2/c2*1-11-7-5-8-12(2)15(11)17(21(18,19)20)16-13(3)9-6-10-14(16)4;1-2-6-4-3-5-1/h2*5-10H,1-4H3,(H2,18,19,20);5-6H,1-4H2. The fourth-order valence-corrected chi connectivity index (χ4v) is 8.21. The Bertz CT molecular complexity index is 1480. The molecule has 0 bridgehead atoms. The van der Waals surface area contributed by atoms with E-state index < -0.39 is 15.5 Å². The highest BCUT2D eigenvalue weighted by Crippen LogP contribution is 2.54. The summed E-state index contributed by atoms with van der Waals surface area (Å²) in [6.07, 6.45) is 0. The lowest BCUT2D eigenvalue weighted by atomic mass is 10.1. The summed E-state index contributed by atoms with van der Waals surface area (Å²) in [7, 11) is -8.99. The minimum Gasteiger partial charge on any atom is -0.314 e. The van der Waals surface area contributed by atoms with Crippen LogP contribution in [0.3, 0.4) is 0 Å². The van der Waals surface area contributed by atoms with Crippen molar-refractivity contribution in [2.45, 2.75) is 55.4 Å². The molecule has 260 valence electrons. The molecule has 1 heterocycles. The molecule has 1 aliphatic heterocycles. The summed E-state index contributed by atoms with van der Waals surface area (Å²) in [5.74, 6) is 0. The average molecular weight is 697 g/mol. The van der Waals surface area contributed by atoms with Gasteiger partial charge in [0.2, 0.25) is 0 Å². The van der Waals surface area contributed by atoms with E-state index in [4.69, 9.17) is 0 Å². The summed E-state index contributed by atoms with van der Waals surface area (Å²) in [5, 5.41) is 6.44.